The van der Waals surface area contributed by atoms with Crippen LogP contribution < -0.4 is 0 Å². The Morgan fingerprint density at radius 2 is 1.65 bits per heavy atom. The molecule has 0 atom stereocenters. The summed E-state index contributed by atoms with van der Waals surface area (Å²) in [6.07, 6.45) is 0. The molecule has 4 nitrogen and oxygen atoms in total. The Balaban J connectivity index is 1.58. The minimum atomic E-state index is 0.628. The van der Waals surface area contributed by atoms with E-state index in [1.165, 1.54) is 5.56 Å². The van der Waals surface area contributed by atoms with Crippen LogP contribution in [-0.4, -0.2) is 14.5 Å². The molecule has 0 amide bonds. The van der Waals surface area contributed by atoms with E-state index in [2.05, 4.69) is 52.0 Å². The fourth-order valence-electron chi connectivity index (χ4n) is 3.34. The van der Waals surface area contributed by atoms with E-state index >= 15 is 0 Å². The van der Waals surface area contributed by atoms with Gasteiger partial charge in [-0.05, 0) is 42.8 Å². The molecule has 0 bridgehead atoms. The van der Waals surface area contributed by atoms with Crippen molar-refractivity contribution in [3.63, 3.8) is 0 Å². The second kappa shape index (κ2) is 5.85. The van der Waals surface area contributed by atoms with Gasteiger partial charge in [-0.2, -0.15) is 0 Å². The van der Waals surface area contributed by atoms with Crippen LogP contribution in [0, 0.1) is 6.92 Å². The molecule has 0 fully saturated rings. The third-order valence-corrected chi connectivity index (χ3v) is 4.66. The summed E-state index contributed by atoms with van der Waals surface area (Å²) in [7, 11) is 0. The molecule has 0 N–H and O–H groups in total. The van der Waals surface area contributed by atoms with Crippen LogP contribution in [0.15, 0.2) is 77.2 Å². The molecular formula is C22H17N3O. The first kappa shape index (κ1) is 14.9. The van der Waals surface area contributed by atoms with Gasteiger partial charge in [0.2, 0.25) is 5.89 Å². The molecule has 0 aliphatic carbocycles. The molecule has 126 valence electrons. The first-order chi connectivity index (χ1) is 12.8. The second-order valence-corrected chi connectivity index (χ2v) is 6.42. The Bertz CT molecular complexity index is 1190. The molecule has 0 saturated carbocycles. The van der Waals surface area contributed by atoms with Crippen LogP contribution in [0.5, 0.6) is 0 Å². The average Bonchev–Trinajstić information content (AvgIpc) is 3.23. The van der Waals surface area contributed by atoms with Crippen LogP contribution in [0.2, 0.25) is 0 Å². The summed E-state index contributed by atoms with van der Waals surface area (Å²) in [6.45, 7) is 2.85. The fourth-order valence-corrected chi connectivity index (χ4v) is 3.34. The van der Waals surface area contributed by atoms with Crippen molar-refractivity contribution in [2.24, 2.45) is 0 Å². The van der Waals surface area contributed by atoms with Gasteiger partial charge in [0.25, 0.3) is 0 Å². The lowest BCUT2D eigenvalue weighted by molar-refractivity contribution is 0.620. The van der Waals surface area contributed by atoms with Gasteiger partial charge in [0.1, 0.15) is 11.3 Å². The van der Waals surface area contributed by atoms with Gasteiger partial charge >= 0.3 is 0 Å². The minimum Gasteiger partial charge on any atom is -0.436 e. The Morgan fingerprint density at radius 3 is 2.50 bits per heavy atom. The highest BCUT2D eigenvalue weighted by Crippen LogP contribution is 2.27. The van der Waals surface area contributed by atoms with Gasteiger partial charge in [-0.3, -0.25) is 0 Å². The number of rotatable bonds is 3. The molecule has 0 aliphatic heterocycles. The Hall–Kier alpha value is -3.40. The maximum absolute atomic E-state index is 5.89. The van der Waals surface area contributed by atoms with E-state index in [1.807, 2.05) is 37.3 Å². The van der Waals surface area contributed by atoms with Crippen LogP contribution in [0.3, 0.4) is 0 Å². The minimum absolute atomic E-state index is 0.628. The maximum Gasteiger partial charge on any atom is 0.227 e. The van der Waals surface area contributed by atoms with Crippen LogP contribution in [0.4, 0.5) is 0 Å². The highest BCUT2D eigenvalue weighted by Gasteiger charge is 2.12. The molecule has 0 spiro atoms. The summed E-state index contributed by atoms with van der Waals surface area (Å²) in [5.74, 6) is 1.63. The largest absolute Gasteiger partial charge is 0.436 e. The number of para-hydroxylation sites is 2. The fraction of sp³-hybridized carbons (Fsp3) is 0.0909. The predicted molar refractivity (Wildman–Crippen MR) is 103 cm³/mol. The Labute approximate surface area is 150 Å². The lowest BCUT2D eigenvalue weighted by atomic mass is 10.2. The van der Waals surface area contributed by atoms with Gasteiger partial charge < -0.3 is 8.98 Å². The standard InChI is InChI=1S/C22H17N3O/c1-15-23-19-13-17(22-24-18-9-5-6-10-21(18)26-22)11-12-20(19)25(15)14-16-7-3-2-4-8-16/h2-13H,14H2,1H3. The van der Waals surface area contributed by atoms with Crippen molar-refractivity contribution in [2.45, 2.75) is 13.5 Å². The lowest BCUT2D eigenvalue weighted by Gasteiger charge is -2.07. The summed E-state index contributed by atoms with van der Waals surface area (Å²) < 4.78 is 8.13. The monoisotopic (exact) mass is 339 g/mol. The molecule has 0 aliphatic rings. The van der Waals surface area contributed by atoms with Gasteiger partial charge in [-0.15, -0.1) is 0 Å². The number of aromatic nitrogens is 3. The third-order valence-electron chi connectivity index (χ3n) is 4.66. The van der Waals surface area contributed by atoms with E-state index in [9.17, 15) is 0 Å². The Kier molecular flexibility index (Phi) is 3.35. The van der Waals surface area contributed by atoms with Crippen molar-refractivity contribution in [2.75, 3.05) is 0 Å². The predicted octanol–water partition coefficient (Wildman–Crippen LogP) is 5.20. The van der Waals surface area contributed by atoms with Crippen molar-refractivity contribution in [1.29, 1.82) is 0 Å². The smallest absolute Gasteiger partial charge is 0.227 e. The number of aryl methyl sites for hydroxylation is 1. The van der Waals surface area contributed by atoms with Crippen molar-refractivity contribution in [3.05, 3.63) is 84.2 Å². The number of nitrogens with zero attached hydrogens (tertiary/aromatic N) is 3. The number of imidazole rings is 1. The molecule has 2 aromatic heterocycles. The van der Waals surface area contributed by atoms with Crippen molar-refractivity contribution < 1.29 is 4.42 Å². The zero-order valence-corrected chi connectivity index (χ0v) is 14.4. The summed E-state index contributed by atoms with van der Waals surface area (Å²) in [4.78, 5) is 9.33. The quantitative estimate of drug-likeness (QED) is 0.454. The van der Waals surface area contributed by atoms with E-state index in [0.717, 1.165) is 40.1 Å². The van der Waals surface area contributed by atoms with E-state index in [4.69, 9.17) is 9.40 Å². The summed E-state index contributed by atoms with van der Waals surface area (Å²) in [5, 5.41) is 0. The van der Waals surface area contributed by atoms with Gasteiger partial charge in [0.15, 0.2) is 5.58 Å². The summed E-state index contributed by atoms with van der Waals surface area (Å²) in [6, 6.07) is 24.5. The molecule has 0 saturated heterocycles. The first-order valence-corrected chi connectivity index (χ1v) is 8.65. The molecule has 4 heteroatoms. The van der Waals surface area contributed by atoms with Crippen LogP contribution in [0.1, 0.15) is 11.4 Å². The molecule has 26 heavy (non-hydrogen) atoms. The SMILES string of the molecule is Cc1nc2cc(-c3nc4ccccc4o3)ccc2n1Cc1ccccc1. The zero-order chi connectivity index (χ0) is 17.5. The first-order valence-electron chi connectivity index (χ1n) is 8.65. The van der Waals surface area contributed by atoms with E-state index in [1.54, 1.807) is 0 Å². The van der Waals surface area contributed by atoms with Gasteiger partial charge in [-0.1, -0.05) is 42.5 Å². The molecule has 5 rings (SSSR count). The van der Waals surface area contributed by atoms with Gasteiger partial charge in [0, 0.05) is 12.1 Å². The summed E-state index contributed by atoms with van der Waals surface area (Å²) in [5.41, 5.74) is 5.95. The van der Waals surface area contributed by atoms with Crippen LogP contribution in [0.25, 0.3) is 33.6 Å². The van der Waals surface area contributed by atoms with Crippen molar-refractivity contribution in [3.8, 4) is 11.5 Å². The highest BCUT2D eigenvalue weighted by molar-refractivity contribution is 5.83. The molecule has 3 aromatic carbocycles. The average molecular weight is 339 g/mol. The lowest BCUT2D eigenvalue weighted by Crippen LogP contribution is -2.01. The molecule has 5 aromatic rings. The number of hydrogen-bond acceptors (Lipinski definition) is 3. The topological polar surface area (TPSA) is 43.9 Å². The van der Waals surface area contributed by atoms with E-state index in [-0.39, 0.29) is 0 Å². The van der Waals surface area contributed by atoms with Crippen molar-refractivity contribution in [1.82, 2.24) is 14.5 Å². The molecule has 0 radical (unpaired) electrons. The highest BCUT2D eigenvalue weighted by atomic mass is 16.3. The maximum atomic E-state index is 5.89. The van der Waals surface area contributed by atoms with Crippen LogP contribution in [-0.2, 0) is 6.54 Å². The molecule has 2 heterocycles. The zero-order valence-electron chi connectivity index (χ0n) is 14.4. The summed E-state index contributed by atoms with van der Waals surface area (Å²) >= 11 is 0. The Morgan fingerprint density at radius 1 is 0.846 bits per heavy atom. The number of oxazole rings is 1. The molecular weight excluding hydrogens is 322 g/mol. The normalized spacial score (nSPS) is 11.4. The van der Waals surface area contributed by atoms with E-state index in [0.29, 0.717) is 5.89 Å². The van der Waals surface area contributed by atoms with Crippen LogP contribution >= 0.6 is 0 Å². The second-order valence-electron chi connectivity index (χ2n) is 6.42. The third kappa shape index (κ3) is 2.47. The van der Waals surface area contributed by atoms with Crippen molar-refractivity contribution >= 4 is 22.1 Å². The van der Waals surface area contributed by atoms with Gasteiger partial charge in [-0.25, -0.2) is 9.97 Å². The van der Waals surface area contributed by atoms with Gasteiger partial charge in [0.05, 0.1) is 11.0 Å². The number of hydrogen-bond donors (Lipinski definition) is 0. The van der Waals surface area contributed by atoms with E-state index < -0.39 is 0 Å². The number of benzene rings is 3. The number of fused-ring (bicyclic) bond motifs is 2. The molecule has 0 unspecified atom stereocenters.